The topological polar surface area (TPSA) is 26.3 Å². The summed E-state index contributed by atoms with van der Waals surface area (Å²) in [4.78, 5) is 11.9. The Hall–Kier alpha value is -1.15. The second-order valence-electron chi connectivity index (χ2n) is 3.50. The monoisotopic (exact) mass is 190 g/mol. The highest BCUT2D eigenvalue weighted by Crippen LogP contribution is 2.22. The molecule has 0 saturated heterocycles. The SMILES string of the molecule is CCOC1CCc2ccccc2C1=O. The largest absolute Gasteiger partial charge is 0.370 e. The predicted molar refractivity (Wildman–Crippen MR) is 54.5 cm³/mol. The molecule has 0 saturated carbocycles. The van der Waals surface area contributed by atoms with Crippen LogP contribution in [0, 0.1) is 0 Å². The Bertz CT molecular complexity index is 344. The van der Waals surface area contributed by atoms with Crippen molar-refractivity contribution in [2.75, 3.05) is 6.61 Å². The van der Waals surface area contributed by atoms with E-state index in [1.165, 1.54) is 0 Å². The first-order valence-corrected chi connectivity index (χ1v) is 5.06. The van der Waals surface area contributed by atoms with Crippen molar-refractivity contribution in [2.24, 2.45) is 0 Å². The summed E-state index contributed by atoms with van der Waals surface area (Å²) in [6, 6.07) is 7.80. The van der Waals surface area contributed by atoms with Gasteiger partial charge in [0.2, 0.25) is 0 Å². The first-order chi connectivity index (χ1) is 6.83. The number of hydrogen-bond donors (Lipinski definition) is 0. The van der Waals surface area contributed by atoms with Gasteiger partial charge < -0.3 is 4.74 Å². The van der Waals surface area contributed by atoms with Gasteiger partial charge in [0.1, 0.15) is 6.10 Å². The van der Waals surface area contributed by atoms with Gasteiger partial charge in [-0.1, -0.05) is 24.3 Å². The lowest BCUT2D eigenvalue weighted by atomic mass is 9.89. The maximum Gasteiger partial charge on any atom is 0.191 e. The molecule has 1 aromatic carbocycles. The van der Waals surface area contributed by atoms with Crippen molar-refractivity contribution in [1.29, 1.82) is 0 Å². The third-order valence-electron chi connectivity index (χ3n) is 2.62. The Balaban J connectivity index is 2.27. The van der Waals surface area contributed by atoms with E-state index in [9.17, 15) is 4.79 Å². The zero-order chi connectivity index (χ0) is 9.97. The third kappa shape index (κ3) is 1.58. The minimum atomic E-state index is -0.213. The fraction of sp³-hybridized carbons (Fsp3) is 0.417. The lowest BCUT2D eigenvalue weighted by Crippen LogP contribution is -2.30. The molecule has 0 radical (unpaired) electrons. The van der Waals surface area contributed by atoms with Crippen LogP contribution in [0.5, 0.6) is 0 Å². The molecule has 0 fully saturated rings. The van der Waals surface area contributed by atoms with Crippen LogP contribution < -0.4 is 0 Å². The van der Waals surface area contributed by atoms with Crippen LogP contribution in [-0.4, -0.2) is 18.5 Å². The van der Waals surface area contributed by atoms with Crippen molar-refractivity contribution < 1.29 is 9.53 Å². The number of rotatable bonds is 2. The Morgan fingerprint density at radius 3 is 3.00 bits per heavy atom. The van der Waals surface area contributed by atoms with E-state index in [1.54, 1.807) is 0 Å². The first kappa shape index (κ1) is 9.41. The number of carbonyl (C=O) groups is 1. The van der Waals surface area contributed by atoms with Crippen molar-refractivity contribution >= 4 is 5.78 Å². The lowest BCUT2D eigenvalue weighted by Gasteiger charge is -2.22. The second kappa shape index (κ2) is 3.93. The molecule has 0 spiro atoms. The summed E-state index contributed by atoms with van der Waals surface area (Å²) in [5.74, 6) is 0.147. The van der Waals surface area contributed by atoms with Gasteiger partial charge in [0, 0.05) is 12.2 Å². The summed E-state index contributed by atoms with van der Waals surface area (Å²) in [6.07, 6.45) is 1.56. The van der Waals surface area contributed by atoms with Crippen LogP contribution in [0.15, 0.2) is 24.3 Å². The minimum Gasteiger partial charge on any atom is -0.370 e. The second-order valence-corrected chi connectivity index (χ2v) is 3.50. The number of ether oxygens (including phenoxy) is 1. The number of ketones is 1. The van der Waals surface area contributed by atoms with Gasteiger partial charge in [-0.25, -0.2) is 0 Å². The summed E-state index contributed by atoms with van der Waals surface area (Å²) in [7, 11) is 0. The molecule has 2 nitrogen and oxygen atoms in total. The standard InChI is InChI=1S/C12H14O2/c1-2-14-11-8-7-9-5-3-4-6-10(9)12(11)13/h3-6,11H,2,7-8H2,1H3. The van der Waals surface area contributed by atoms with Crippen LogP contribution in [0.2, 0.25) is 0 Å². The molecule has 1 atom stereocenters. The van der Waals surface area contributed by atoms with Crippen LogP contribution in [0.4, 0.5) is 0 Å². The number of carbonyl (C=O) groups excluding carboxylic acids is 1. The quantitative estimate of drug-likeness (QED) is 0.714. The molecule has 0 aliphatic heterocycles. The van der Waals surface area contributed by atoms with Gasteiger partial charge in [0.15, 0.2) is 5.78 Å². The first-order valence-electron chi connectivity index (χ1n) is 5.06. The van der Waals surface area contributed by atoms with Gasteiger partial charge in [0.05, 0.1) is 0 Å². The number of hydrogen-bond acceptors (Lipinski definition) is 2. The molecule has 2 rings (SSSR count). The number of fused-ring (bicyclic) bond motifs is 1. The molecule has 0 heterocycles. The summed E-state index contributed by atoms with van der Waals surface area (Å²) in [5.41, 5.74) is 2.01. The van der Waals surface area contributed by atoms with Gasteiger partial charge in [0.25, 0.3) is 0 Å². The van der Waals surface area contributed by atoms with Gasteiger partial charge >= 0.3 is 0 Å². The van der Waals surface area contributed by atoms with Crippen molar-refractivity contribution in [3.8, 4) is 0 Å². The van der Waals surface area contributed by atoms with E-state index in [1.807, 2.05) is 31.2 Å². The number of aryl methyl sites for hydroxylation is 1. The molecule has 0 aromatic heterocycles. The molecule has 1 unspecified atom stereocenters. The van der Waals surface area contributed by atoms with Gasteiger partial charge in [-0.05, 0) is 25.3 Å². The average Bonchev–Trinajstić information content (AvgIpc) is 2.23. The summed E-state index contributed by atoms with van der Waals surface area (Å²) >= 11 is 0. The summed E-state index contributed by atoms with van der Waals surface area (Å²) < 4.78 is 5.40. The number of benzene rings is 1. The normalized spacial score (nSPS) is 20.6. The maximum absolute atomic E-state index is 11.9. The smallest absolute Gasteiger partial charge is 0.191 e. The van der Waals surface area contributed by atoms with Crippen molar-refractivity contribution in [2.45, 2.75) is 25.9 Å². The van der Waals surface area contributed by atoms with Crippen LogP contribution in [0.3, 0.4) is 0 Å². The van der Waals surface area contributed by atoms with E-state index >= 15 is 0 Å². The van der Waals surface area contributed by atoms with E-state index in [4.69, 9.17) is 4.74 Å². The highest BCUT2D eigenvalue weighted by Gasteiger charge is 2.26. The van der Waals surface area contributed by atoms with Gasteiger partial charge in [-0.15, -0.1) is 0 Å². The van der Waals surface area contributed by atoms with Crippen LogP contribution >= 0.6 is 0 Å². The Morgan fingerprint density at radius 1 is 1.43 bits per heavy atom. The third-order valence-corrected chi connectivity index (χ3v) is 2.62. The van der Waals surface area contributed by atoms with E-state index in [2.05, 4.69) is 0 Å². The summed E-state index contributed by atoms with van der Waals surface area (Å²) in [5, 5.41) is 0. The van der Waals surface area contributed by atoms with E-state index < -0.39 is 0 Å². The van der Waals surface area contributed by atoms with Gasteiger partial charge in [-0.2, -0.15) is 0 Å². The highest BCUT2D eigenvalue weighted by molar-refractivity contribution is 6.01. The molecule has 0 bridgehead atoms. The van der Waals surface area contributed by atoms with Crippen molar-refractivity contribution in [3.63, 3.8) is 0 Å². The van der Waals surface area contributed by atoms with Crippen molar-refractivity contribution in [1.82, 2.24) is 0 Å². The van der Waals surface area contributed by atoms with Crippen LogP contribution in [-0.2, 0) is 11.2 Å². The van der Waals surface area contributed by atoms with E-state index in [0.717, 1.165) is 24.0 Å². The number of Topliss-reactive ketones (excluding diaryl/α,β-unsaturated/α-hetero) is 1. The zero-order valence-electron chi connectivity index (χ0n) is 8.32. The fourth-order valence-corrected chi connectivity index (χ4v) is 1.93. The van der Waals surface area contributed by atoms with Crippen molar-refractivity contribution in [3.05, 3.63) is 35.4 Å². The Morgan fingerprint density at radius 2 is 2.21 bits per heavy atom. The predicted octanol–water partition coefficient (Wildman–Crippen LogP) is 2.22. The van der Waals surface area contributed by atoms with Gasteiger partial charge in [-0.3, -0.25) is 4.79 Å². The highest BCUT2D eigenvalue weighted by atomic mass is 16.5. The van der Waals surface area contributed by atoms with Crippen LogP contribution in [0.25, 0.3) is 0 Å². The molecular weight excluding hydrogens is 176 g/mol. The minimum absolute atomic E-state index is 0.147. The zero-order valence-corrected chi connectivity index (χ0v) is 8.32. The van der Waals surface area contributed by atoms with E-state index in [0.29, 0.717) is 6.61 Å². The van der Waals surface area contributed by atoms with E-state index in [-0.39, 0.29) is 11.9 Å². The molecule has 0 N–H and O–H groups in total. The molecule has 14 heavy (non-hydrogen) atoms. The average molecular weight is 190 g/mol. The lowest BCUT2D eigenvalue weighted by molar-refractivity contribution is 0.0404. The molecule has 1 aromatic rings. The molecule has 1 aliphatic carbocycles. The molecule has 74 valence electrons. The maximum atomic E-state index is 11.9. The Kier molecular flexibility index (Phi) is 2.64. The molecule has 0 amide bonds. The van der Waals surface area contributed by atoms with Crippen LogP contribution in [0.1, 0.15) is 29.3 Å². The molecule has 2 heteroatoms. The molecule has 1 aliphatic rings. The fourth-order valence-electron chi connectivity index (χ4n) is 1.93. The summed E-state index contributed by atoms with van der Waals surface area (Å²) in [6.45, 7) is 2.53. The molecular formula is C12H14O2. The Labute approximate surface area is 83.9 Å².